The molecule has 2 fully saturated rings. The third kappa shape index (κ3) is 4.02. The Labute approximate surface area is 152 Å². The number of hydrogen-bond acceptors (Lipinski definition) is 4. The molecule has 2 heterocycles. The van der Waals surface area contributed by atoms with Crippen LogP contribution in [-0.2, 0) is 9.59 Å². The molecule has 1 aromatic rings. The highest BCUT2D eigenvalue weighted by Crippen LogP contribution is 2.21. The fourth-order valence-corrected chi connectivity index (χ4v) is 3.34. The summed E-state index contributed by atoms with van der Waals surface area (Å²) in [5.74, 6) is -0.318. The van der Waals surface area contributed by atoms with Crippen LogP contribution in [0.4, 0.5) is 5.69 Å². The van der Waals surface area contributed by atoms with Crippen molar-refractivity contribution in [2.75, 3.05) is 31.1 Å². The molecular weight excluding hydrogens is 332 g/mol. The quantitative estimate of drug-likeness (QED) is 0.882. The number of amides is 3. The Kier molecular flexibility index (Phi) is 5.52. The van der Waals surface area contributed by atoms with E-state index in [1.807, 2.05) is 0 Å². The molecule has 3 amide bonds. The van der Waals surface area contributed by atoms with Gasteiger partial charge in [0.2, 0.25) is 11.8 Å². The lowest BCUT2D eigenvalue weighted by atomic mass is 9.99. The summed E-state index contributed by atoms with van der Waals surface area (Å²) in [5.41, 5.74) is 1.25. The first-order chi connectivity index (χ1) is 12.6. The molecule has 136 valence electrons. The number of hydrogen-bond donors (Lipinski definition) is 1. The predicted octanol–water partition coefficient (Wildman–Crippen LogP) is 1.31. The van der Waals surface area contributed by atoms with Crippen LogP contribution < -0.4 is 10.2 Å². The van der Waals surface area contributed by atoms with E-state index in [0.717, 1.165) is 12.1 Å². The van der Waals surface area contributed by atoms with Gasteiger partial charge in [-0.05, 0) is 43.5 Å². The van der Waals surface area contributed by atoms with Gasteiger partial charge >= 0.3 is 0 Å². The molecule has 7 nitrogen and oxygen atoms in total. The van der Waals surface area contributed by atoms with Gasteiger partial charge in [-0.3, -0.25) is 14.4 Å². The van der Waals surface area contributed by atoms with Crippen LogP contribution in [0.25, 0.3) is 0 Å². The van der Waals surface area contributed by atoms with Crippen LogP contribution in [-0.4, -0.2) is 48.8 Å². The summed E-state index contributed by atoms with van der Waals surface area (Å²) in [6, 6.07) is 9.08. The monoisotopic (exact) mass is 354 g/mol. The van der Waals surface area contributed by atoms with Gasteiger partial charge < -0.3 is 15.1 Å². The second-order valence-electron chi connectivity index (χ2n) is 6.66. The fourth-order valence-electron chi connectivity index (χ4n) is 3.34. The number of rotatable bonds is 4. The molecule has 0 unspecified atom stereocenters. The Morgan fingerprint density at radius 1 is 1.15 bits per heavy atom. The van der Waals surface area contributed by atoms with Gasteiger partial charge in [0.1, 0.15) is 0 Å². The van der Waals surface area contributed by atoms with Crippen molar-refractivity contribution in [3.8, 4) is 6.07 Å². The van der Waals surface area contributed by atoms with Crippen LogP contribution in [0.15, 0.2) is 24.3 Å². The van der Waals surface area contributed by atoms with E-state index in [0.29, 0.717) is 44.5 Å². The number of nitriles is 1. The normalized spacial score (nSPS) is 17.9. The van der Waals surface area contributed by atoms with Crippen LogP contribution in [0.5, 0.6) is 0 Å². The van der Waals surface area contributed by atoms with Crippen LogP contribution in [0.2, 0.25) is 0 Å². The van der Waals surface area contributed by atoms with Gasteiger partial charge in [0.05, 0.1) is 12.6 Å². The van der Waals surface area contributed by atoms with E-state index >= 15 is 0 Å². The average molecular weight is 354 g/mol. The summed E-state index contributed by atoms with van der Waals surface area (Å²) in [7, 11) is 0. The lowest BCUT2D eigenvalue weighted by Crippen LogP contribution is -2.44. The summed E-state index contributed by atoms with van der Waals surface area (Å²) >= 11 is 0. The van der Waals surface area contributed by atoms with Crippen molar-refractivity contribution in [2.24, 2.45) is 5.92 Å². The van der Waals surface area contributed by atoms with Gasteiger partial charge in [-0.1, -0.05) is 0 Å². The Balaban J connectivity index is 1.50. The Bertz CT molecular complexity index is 730. The fraction of sp³-hybridized carbons (Fsp3) is 0.474. The molecule has 0 atom stereocenters. The van der Waals surface area contributed by atoms with Crippen LogP contribution in [0, 0.1) is 17.2 Å². The highest BCUT2D eigenvalue weighted by Gasteiger charge is 2.23. The highest BCUT2D eigenvalue weighted by atomic mass is 16.2. The van der Waals surface area contributed by atoms with Gasteiger partial charge in [-0.25, -0.2) is 0 Å². The number of nitrogens with zero attached hydrogens (tertiary/aromatic N) is 3. The highest BCUT2D eigenvalue weighted by molar-refractivity contribution is 5.98. The minimum atomic E-state index is -0.315. The van der Waals surface area contributed by atoms with Gasteiger partial charge in [-0.2, -0.15) is 5.26 Å². The summed E-state index contributed by atoms with van der Waals surface area (Å²) in [4.78, 5) is 39.6. The SMILES string of the molecule is N#CC1CCN(C(=O)CNC(=O)c2ccc(N3CCCC3=O)cc2)CC1. The van der Waals surface area contributed by atoms with E-state index in [4.69, 9.17) is 5.26 Å². The number of carbonyl (C=O) groups is 3. The number of piperidine rings is 1. The minimum absolute atomic E-state index is 0.0228. The Hall–Kier alpha value is -2.88. The maximum Gasteiger partial charge on any atom is 0.251 e. The lowest BCUT2D eigenvalue weighted by molar-refractivity contribution is -0.131. The summed E-state index contributed by atoms with van der Waals surface area (Å²) in [6.07, 6.45) is 2.80. The van der Waals surface area contributed by atoms with E-state index in [1.165, 1.54) is 0 Å². The van der Waals surface area contributed by atoms with E-state index in [-0.39, 0.29) is 30.2 Å². The van der Waals surface area contributed by atoms with Crippen molar-refractivity contribution in [1.82, 2.24) is 10.2 Å². The molecule has 3 rings (SSSR count). The topological polar surface area (TPSA) is 93.5 Å². The lowest BCUT2D eigenvalue weighted by Gasteiger charge is -2.29. The maximum absolute atomic E-state index is 12.2. The molecule has 0 aromatic heterocycles. The molecule has 0 bridgehead atoms. The summed E-state index contributed by atoms with van der Waals surface area (Å²) in [6.45, 7) is 1.78. The van der Waals surface area contributed by atoms with Crippen molar-refractivity contribution in [3.05, 3.63) is 29.8 Å². The third-order valence-corrected chi connectivity index (χ3v) is 4.94. The number of benzene rings is 1. The third-order valence-electron chi connectivity index (χ3n) is 4.94. The van der Waals surface area contributed by atoms with Crippen molar-refractivity contribution in [2.45, 2.75) is 25.7 Å². The Morgan fingerprint density at radius 3 is 2.42 bits per heavy atom. The number of likely N-dealkylation sites (tertiary alicyclic amines) is 1. The molecule has 1 N–H and O–H groups in total. The molecule has 1 aromatic carbocycles. The van der Waals surface area contributed by atoms with Gasteiger partial charge in [-0.15, -0.1) is 0 Å². The number of carbonyl (C=O) groups excluding carboxylic acids is 3. The van der Waals surface area contributed by atoms with E-state index in [1.54, 1.807) is 34.1 Å². The second kappa shape index (κ2) is 8.00. The van der Waals surface area contributed by atoms with Crippen LogP contribution >= 0.6 is 0 Å². The Morgan fingerprint density at radius 2 is 1.85 bits per heavy atom. The molecule has 7 heteroatoms. The van der Waals surface area contributed by atoms with Crippen molar-refractivity contribution < 1.29 is 14.4 Å². The largest absolute Gasteiger partial charge is 0.343 e. The van der Waals surface area contributed by atoms with Crippen LogP contribution in [0.1, 0.15) is 36.0 Å². The predicted molar refractivity (Wildman–Crippen MR) is 95.3 cm³/mol. The first-order valence-electron chi connectivity index (χ1n) is 8.94. The first-order valence-corrected chi connectivity index (χ1v) is 8.94. The van der Waals surface area contributed by atoms with Crippen molar-refractivity contribution >= 4 is 23.4 Å². The maximum atomic E-state index is 12.2. The molecule has 0 radical (unpaired) electrons. The summed E-state index contributed by atoms with van der Waals surface area (Å²) in [5, 5.41) is 11.5. The zero-order valence-corrected chi connectivity index (χ0v) is 14.6. The van der Waals surface area contributed by atoms with E-state index in [2.05, 4.69) is 11.4 Å². The van der Waals surface area contributed by atoms with Crippen molar-refractivity contribution in [3.63, 3.8) is 0 Å². The van der Waals surface area contributed by atoms with Gasteiger partial charge in [0.15, 0.2) is 0 Å². The zero-order valence-electron chi connectivity index (χ0n) is 14.6. The standard InChI is InChI=1S/C19H22N4O3/c20-12-14-7-10-22(11-8-14)18(25)13-21-19(26)15-3-5-16(6-4-15)23-9-1-2-17(23)24/h3-6,14H,1-2,7-11,13H2,(H,21,26). The minimum Gasteiger partial charge on any atom is -0.343 e. The first kappa shape index (κ1) is 17.9. The molecule has 26 heavy (non-hydrogen) atoms. The zero-order chi connectivity index (χ0) is 18.5. The van der Waals surface area contributed by atoms with Gasteiger partial charge in [0.25, 0.3) is 5.91 Å². The molecule has 2 aliphatic heterocycles. The molecule has 0 saturated carbocycles. The van der Waals surface area contributed by atoms with Crippen molar-refractivity contribution in [1.29, 1.82) is 5.26 Å². The van der Waals surface area contributed by atoms with Gasteiger partial charge in [0, 0.05) is 43.2 Å². The van der Waals surface area contributed by atoms with E-state index in [9.17, 15) is 14.4 Å². The molecular formula is C19H22N4O3. The van der Waals surface area contributed by atoms with E-state index < -0.39 is 0 Å². The number of anilines is 1. The molecule has 2 saturated heterocycles. The summed E-state index contributed by atoms with van der Waals surface area (Å²) < 4.78 is 0. The number of nitrogens with one attached hydrogen (secondary N) is 1. The van der Waals surface area contributed by atoms with Crippen LogP contribution in [0.3, 0.4) is 0 Å². The molecule has 2 aliphatic rings. The smallest absolute Gasteiger partial charge is 0.251 e. The average Bonchev–Trinajstić information content (AvgIpc) is 3.12. The molecule has 0 spiro atoms. The second-order valence-corrected chi connectivity index (χ2v) is 6.66. The molecule has 0 aliphatic carbocycles.